The van der Waals surface area contributed by atoms with Gasteiger partial charge >= 0.3 is 0 Å². The number of hydrogen-bond donors (Lipinski definition) is 0. The van der Waals surface area contributed by atoms with Crippen molar-refractivity contribution in [2.24, 2.45) is 17.8 Å². The average Bonchev–Trinajstić information content (AvgIpc) is 2.79. The first-order chi connectivity index (χ1) is 10.1. The molecule has 21 heavy (non-hydrogen) atoms. The normalized spacial score (nSPS) is 34.3. The van der Waals surface area contributed by atoms with Crippen LogP contribution in [0.3, 0.4) is 0 Å². The van der Waals surface area contributed by atoms with Crippen LogP contribution in [0.25, 0.3) is 0 Å². The molecule has 0 saturated heterocycles. The third-order valence-corrected chi connectivity index (χ3v) is 7.55. The maximum atomic E-state index is 2.50. The first kappa shape index (κ1) is 14.8. The molecule has 2 aliphatic rings. The van der Waals surface area contributed by atoms with Gasteiger partial charge in [-0.1, -0.05) is 63.3 Å². The molecule has 1 aromatic rings. The summed E-state index contributed by atoms with van der Waals surface area (Å²) in [5.74, 6) is 2.28. The van der Waals surface area contributed by atoms with Crippen molar-refractivity contribution in [1.29, 1.82) is 0 Å². The van der Waals surface area contributed by atoms with Gasteiger partial charge in [0.15, 0.2) is 0 Å². The van der Waals surface area contributed by atoms with Gasteiger partial charge in [-0.2, -0.15) is 0 Å². The Morgan fingerprint density at radius 3 is 2.62 bits per heavy atom. The Hall–Kier alpha value is -1.08. The van der Waals surface area contributed by atoms with Crippen molar-refractivity contribution in [3.63, 3.8) is 0 Å². The van der Waals surface area contributed by atoms with Crippen LogP contribution >= 0.6 is 0 Å². The SMILES string of the molecule is CCc1cccc(C2([SiH3])CC(C)C3C=CC=CC32)c1CC. The predicted octanol–water partition coefficient (Wildman–Crippen LogP) is 3.77. The molecule has 1 heteroatoms. The van der Waals surface area contributed by atoms with E-state index in [0.29, 0.717) is 5.04 Å². The van der Waals surface area contributed by atoms with E-state index in [2.05, 4.69) is 63.3 Å². The van der Waals surface area contributed by atoms with Gasteiger partial charge in [-0.3, -0.25) is 0 Å². The Labute approximate surface area is 132 Å². The highest BCUT2D eigenvalue weighted by Crippen LogP contribution is 2.53. The fourth-order valence-corrected chi connectivity index (χ4v) is 6.64. The van der Waals surface area contributed by atoms with Gasteiger partial charge in [-0.15, -0.1) is 0 Å². The maximum Gasteiger partial charge on any atom is 0.0170 e. The quantitative estimate of drug-likeness (QED) is 0.745. The van der Waals surface area contributed by atoms with Crippen LogP contribution in [-0.2, 0) is 17.9 Å². The number of benzene rings is 1. The van der Waals surface area contributed by atoms with Crippen molar-refractivity contribution >= 4 is 10.2 Å². The van der Waals surface area contributed by atoms with E-state index in [9.17, 15) is 0 Å². The lowest BCUT2D eigenvalue weighted by Crippen LogP contribution is -2.34. The Morgan fingerprint density at radius 2 is 1.90 bits per heavy atom. The first-order valence-electron chi connectivity index (χ1n) is 8.58. The minimum atomic E-state index is 0.432. The fraction of sp³-hybridized carbons (Fsp3) is 0.500. The van der Waals surface area contributed by atoms with Crippen LogP contribution in [0.15, 0.2) is 42.5 Å². The zero-order valence-corrected chi connectivity index (χ0v) is 15.9. The lowest BCUT2D eigenvalue weighted by molar-refractivity contribution is 0.432. The molecule has 0 nitrogen and oxygen atoms in total. The lowest BCUT2D eigenvalue weighted by Gasteiger charge is -2.35. The van der Waals surface area contributed by atoms with Crippen molar-refractivity contribution in [2.45, 2.75) is 45.1 Å². The number of hydrogen-bond acceptors (Lipinski definition) is 0. The minimum Gasteiger partial charge on any atom is -0.0806 e. The van der Waals surface area contributed by atoms with Crippen molar-refractivity contribution in [1.82, 2.24) is 0 Å². The second-order valence-corrected chi connectivity index (χ2v) is 8.91. The highest BCUT2D eigenvalue weighted by Gasteiger charge is 2.48. The van der Waals surface area contributed by atoms with Crippen LogP contribution in [0.4, 0.5) is 0 Å². The lowest BCUT2D eigenvalue weighted by atomic mass is 9.78. The molecule has 3 rings (SSSR count). The van der Waals surface area contributed by atoms with E-state index in [0.717, 1.165) is 24.2 Å². The Bertz CT molecular complexity index is 584. The summed E-state index contributed by atoms with van der Waals surface area (Å²) in [6.45, 7) is 7.08. The summed E-state index contributed by atoms with van der Waals surface area (Å²) < 4.78 is 0. The molecular weight excluding hydrogens is 268 g/mol. The molecular formula is C20H28Si. The fourth-order valence-electron chi connectivity index (χ4n) is 4.95. The van der Waals surface area contributed by atoms with E-state index in [1.165, 1.54) is 23.1 Å². The van der Waals surface area contributed by atoms with Crippen molar-refractivity contribution in [3.8, 4) is 0 Å². The second kappa shape index (κ2) is 5.60. The van der Waals surface area contributed by atoms with Gasteiger partial charge in [0.2, 0.25) is 0 Å². The zero-order chi connectivity index (χ0) is 15.0. The van der Waals surface area contributed by atoms with Crippen LogP contribution in [0.1, 0.15) is 43.9 Å². The molecule has 0 N–H and O–H groups in total. The van der Waals surface area contributed by atoms with E-state index in [-0.39, 0.29) is 0 Å². The molecule has 0 spiro atoms. The first-order valence-corrected chi connectivity index (χ1v) is 9.58. The summed E-state index contributed by atoms with van der Waals surface area (Å²) in [5, 5.41) is 0.432. The topological polar surface area (TPSA) is 0 Å². The van der Waals surface area contributed by atoms with Gasteiger partial charge in [0.1, 0.15) is 0 Å². The molecule has 2 aliphatic carbocycles. The Balaban J connectivity index is 2.11. The highest BCUT2D eigenvalue weighted by molar-refractivity contribution is 6.17. The van der Waals surface area contributed by atoms with Crippen LogP contribution in [-0.4, -0.2) is 10.2 Å². The molecule has 112 valence electrons. The molecule has 0 aromatic heterocycles. The van der Waals surface area contributed by atoms with Crippen LogP contribution in [0, 0.1) is 17.8 Å². The molecule has 1 fully saturated rings. The van der Waals surface area contributed by atoms with Crippen LogP contribution in [0.2, 0.25) is 0 Å². The van der Waals surface area contributed by atoms with Crippen molar-refractivity contribution < 1.29 is 0 Å². The molecule has 0 aliphatic heterocycles. The van der Waals surface area contributed by atoms with Gasteiger partial charge in [-0.05, 0) is 58.7 Å². The molecule has 0 heterocycles. The Morgan fingerprint density at radius 1 is 1.14 bits per heavy atom. The summed E-state index contributed by atoms with van der Waals surface area (Å²) in [7, 11) is 1.25. The summed E-state index contributed by atoms with van der Waals surface area (Å²) >= 11 is 0. The molecule has 1 aromatic carbocycles. The second-order valence-electron chi connectivity index (χ2n) is 7.12. The van der Waals surface area contributed by atoms with E-state index in [4.69, 9.17) is 0 Å². The number of allylic oxidation sites excluding steroid dienone is 4. The molecule has 4 unspecified atom stereocenters. The van der Waals surface area contributed by atoms with E-state index in [1.54, 1.807) is 16.7 Å². The summed E-state index contributed by atoms with van der Waals surface area (Å²) in [5.41, 5.74) is 4.89. The zero-order valence-electron chi connectivity index (χ0n) is 13.9. The van der Waals surface area contributed by atoms with Crippen molar-refractivity contribution in [2.75, 3.05) is 0 Å². The Kier molecular flexibility index (Phi) is 3.96. The summed E-state index contributed by atoms with van der Waals surface area (Å²) in [4.78, 5) is 0. The van der Waals surface area contributed by atoms with Gasteiger partial charge < -0.3 is 0 Å². The number of rotatable bonds is 3. The summed E-state index contributed by atoms with van der Waals surface area (Å²) in [6, 6.07) is 7.07. The van der Waals surface area contributed by atoms with E-state index >= 15 is 0 Å². The summed E-state index contributed by atoms with van der Waals surface area (Å²) in [6.07, 6.45) is 13.2. The van der Waals surface area contributed by atoms with Crippen LogP contribution < -0.4 is 0 Å². The molecule has 1 saturated carbocycles. The highest BCUT2D eigenvalue weighted by atomic mass is 28.1. The molecule has 0 radical (unpaired) electrons. The van der Waals surface area contributed by atoms with Gasteiger partial charge in [-0.25, -0.2) is 0 Å². The largest absolute Gasteiger partial charge is 0.0806 e. The average molecular weight is 297 g/mol. The third-order valence-electron chi connectivity index (χ3n) is 5.94. The molecule has 4 atom stereocenters. The maximum absolute atomic E-state index is 2.50. The minimum absolute atomic E-state index is 0.432. The van der Waals surface area contributed by atoms with Gasteiger partial charge in [0.05, 0.1) is 0 Å². The van der Waals surface area contributed by atoms with Crippen LogP contribution in [0.5, 0.6) is 0 Å². The smallest absolute Gasteiger partial charge is 0.0170 e. The molecule has 0 amide bonds. The predicted molar refractivity (Wildman–Crippen MR) is 95.9 cm³/mol. The van der Waals surface area contributed by atoms with E-state index < -0.39 is 0 Å². The third kappa shape index (κ3) is 2.26. The number of fused-ring (bicyclic) bond motifs is 1. The monoisotopic (exact) mass is 296 g/mol. The van der Waals surface area contributed by atoms with Crippen molar-refractivity contribution in [3.05, 3.63) is 59.2 Å². The molecule has 0 bridgehead atoms. The standard InChI is InChI=1S/C20H28Si/c1-4-15-9-8-12-18(16(15)5-2)20(21)13-14(3)17-10-6-7-11-19(17)20/h6-12,14,17,19H,4-5,13H2,1-3,21H3. The van der Waals surface area contributed by atoms with Gasteiger partial charge in [0.25, 0.3) is 0 Å². The number of aryl methyl sites for hydroxylation is 1. The van der Waals surface area contributed by atoms with E-state index in [1.807, 2.05) is 0 Å². The van der Waals surface area contributed by atoms with Gasteiger partial charge in [0, 0.05) is 10.2 Å².